The van der Waals surface area contributed by atoms with Crippen molar-refractivity contribution in [2.45, 2.75) is 6.42 Å². The Morgan fingerprint density at radius 3 is 1.93 bits per heavy atom. The first kappa shape index (κ1) is 17.8. The third-order valence-corrected chi connectivity index (χ3v) is 1.60. The maximum atomic E-state index is 8.74. The zero-order valence-electron chi connectivity index (χ0n) is 8.22. The fourth-order valence-electron chi connectivity index (χ4n) is 0.701. The van der Waals surface area contributed by atoms with Crippen LogP contribution in [0.3, 0.4) is 0 Å². The minimum Gasteiger partial charge on any atom is -0.339 e. The van der Waals surface area contributed by atoms with E-state index in [0.29, 0.717) is 0 Å². The van der Waals surface area contributed by atoms with Crippen LogP contribution in [0.5, 0.6) is 0 Å². The van der Waals surface area contributed by atoms with Crippen LogP contribution in [-0.2, 0) is 16.8 Å². The van der Waals surface area contributed by atoms with Gasteiger partial charge in [0.25, 0.3) is 0 Å². The van der Waals surface area contributed by atoms with Crippen LogP contribution in [0.1, 0.15) is 5.56 Å². The summed E-state index contributed by atoms with van der Waals surface area (Å²) in [5, 5.41) is 0.813. The third-order valence-electron chi connectivity index (χ3n) is 1.23. The molecular formula is C8H10ClNaO4S. The molecule has 2 N–H and O–H groups in total. The van der Waals surface area contributed by atoms with Crippen molar-refractivity contribution in [2.24, 2.45) is 0 Å². The predicted octanol–water partition coefficient (Wildman–Crippen LogP) is -0.932. The van der Waals surface area contributed by atoms with Gasteiger partial charge in [0.1, 0.15) is 0 Å². The van der Waals surface area contributed by atoms with Crippen LogP contribution >= 0.6 is 11.6 Å². The van der Waals surface area contributed by atoms with Gasteiger partial charge in [-0.15, -0.1) is 0 Å². The molecule has 0 spiro atoms. The molecule has 0 heterocycles. The summed E-state index contributed by atoms with van der Waals surface area (Å²) in [6, 6.07) is 7.74. The molecule has 0 saturated carbocycles. The molecule has 1 aromatic rings. The molecule has 0 amide bonds. The first-order valence-corrected chi connectivity index (χ1v) is 5.34. The molecule has 80 valence electrons. The first-order chi connectivity index (χ1) is 6.34. The van der Waals surface area contributed by atoms with Crippen molar-refractivity contribution in [2.75, 3.05) is 0 Å². The third kappa shape index (κ3) is 12.3. The van der Waals surface area contributed by atoms with Gasteiger partial charge in [0, 0.05) is 5.02 Å². The van der Waals surface area contributed by atoms with Crippen LogP contribution in [-0.4, -0.2) is 17.5 Å². The summed E-state index contributed by atoms with van der Waals surface area (Å²) in [5.74, 6) is 0. The van der Waals surface area contributed by atoms with Crippen LogP contribution in [0.4, 0.5) is 0 Å². The molecule has 0 aliphatic heterocycles. The van der Waals surface area contributed by atoms with E-state index in [0.717, 1.165) is 17.0 Å². The second-order valence-corrected chi connectivity index (χ2v) is 3.59. The van der Waals surface area contributed by atoms with Crippen molar-refractivity contribution < 1.29 is 47.1 Å². The van der Waals surface area contributed by atoms with Crippen molar-refractivity contribution >= 4 is 22.0 Å². The number of hydrogen-bond acceptors (Lipinski definition) is 2. The van der Waals surface area contributed by atoms with Gasteiger partial charge in [-0.3, -0.25) is 9.11 Å². The van der Waals surface area contributed by atoms with E-state index in [1.54, 1.807) is 0 Å². The predicted molar refractivity (Wildman–Crippen MR) is 54.7 cm³/mol. The smallest absolute Gasteiger partial charge is 0.339 e. The Balaban J connectivity index is 0. The molecule has 0 unspecified atom stereocenters. The van der Waals surface area contributed by atoms with Gasteiger partial charge >= 0.3 is 40.0 Å². The molecular weight excluding hydrogens is 251 g/mol. The maximum absolute atomic E-state index is 8.74. The van der Waals surface area contributed by atoms with E-state index < -0.39 is 10.4 Å². The molecule has 0 atom stereocenters. The number of halogens is 1. The molecule has 0 aliphatic rings. The maximum Gasteiger partial charge on any atom is 1.00 e. The minimum absolute atomic E-state index is 0. The van der Waals surface area contributed by atoms with Crippen LogP contribution < -0.4 is 29.6 Å². The molecule has 0 fully saturated rings. The van der Waals surface area contributed by atoms with Crippen molar-refractivity contribution in [3.05, 3.63) is 41.8 Å². The summed E-state index contributed by atoms with van der Waals surface area (Å²) in [6.45, 7) is 3.73. The van der Waals surface area contributed by atoms with E-state index >= 15 is 0 Å². The van der Waals surface area contributed by atoms with E-state index in [1.165, 1.54) is 0 Å². The molecule has 4 nitrogen and oxygen atoms in total. The summed E-state index contributed by atoms with van der Waals surface area (Å²) in [5.41, 5.74) is 1.11. The van der Waals surface area contributed by atoms with Gasteiger partial charge in [0.2, 0.25) is 0 Å². The Morgan fingerprint density at radius 1 is 1.27 bits per heavy atom. The van der Waals surface area contributed by atoms with E-state index in [1.807, 2.05) is 24.3 Å². The summed E-state index contributed by atoms with van der Waals surface area (Å²) >= 11 is 5.78. The van der Waals surface area contributed by atoms with E-state index in [-0.39, 0.29) is 29.6 Å². The molecule has 1 aromatic carbocycles. The fraction of sp³-hybridized carbons (Fsp3) is 0.125. The number of benzene rings is 1. The standard InChI is InChI=1S/C8H8Cl.Na.H2O4S/c1-2-7-5-3-4-6-8(7)9;;1-5(2,3)4/h3-6H,1-2H2;;(H2,1,2,3,4)/q-1;+1;. The van der Waals surface area contributed by atoms with Gasteiger partial charge in [-0.25, -0.2) is 0 Å². The Kier molecular flexibility index (Phi) is 10.1. The summed E-state index contributed by atoms with van der Waals surface area (Å²) in [4.78, 5) is 0. The van der Waals surface area contributed by atoms with Crippen LogP contribution in [0.15, 0.2) is 24.3 Å². The summed E-state index contributed by atoms with van der Waals surface area (Å²) in [6.07, 6.45) is 0.764. The van der Waals surface area contributed by atoms with Crippen molar-refractivity contribution in [3.63, 3.8) is 0 Å². The SMILES string of the molecule is O=S(=O)(O)O.[CH2-]Cc1ccccc1Cl.[Na+]. The summed E-state index contributed by atoms with van der Waals surface area (Å²) in [7, 11) is -4.67. The second kappa shape index (κ2) is 8.52. The normalized spacial score (nSPS) is 9.60. The Bertz CT molecular complexity index is 372. The summed E-state index contributed by atoms with van der Waals surface area (Å²) < 4.78 is 31.6. The zero-order valence-corrected chi connectivity index (χ0v) is 11.8. The average Bonchev–Trinajstić information content (AvgIpc) is 2.02. The quantitative estimate of drug-likeness (QED) is 0.389. The molecule has 0 saturated heterocycles. The molecule has 0 aromatic heterocycles. The molecule has 0 radical (unpaired) electrons. The minimum atomic E-state index is -4.67. The first-order valence-electron chi connectivity index (χ1n) is 3.57. The monoisotopic (exact) mass is 260 g/mol. The topological polar surface area (TPSA) is 74.6 Å². The van der Waals surface area contributed by atoms with Gasteiger partial charge < -0.3 is 6.92 Å². The van der Waals surface area contributed by atoms with E-state index in [4.69, 9.17) is 29.1 Å². The molecule has 7 heteroatoms. The molecule has 0 bridgehead atoms. The molecule has 1 rings (SSSR count). The molecule has 0 aliphatic carbocycles. The Labute approximate surface area is 117 Å². The number of hydrogen-bond donors (Lipinski definition) is 2. The second-order valence-electron chi connectivity index (χ2n) is 2.29. The van der Waals surface area contributed by atoms with E-state index in [2.05, 4.69) is 6.92 Å². The van der Waals surface area contributed by atoms with Gasteiger partial charge in [0.15, 0.2) is 0 Å². The van der Waals surface area contributed by atoms with Crippen LogP contribution in [0.2, 0.25) is 5.02 Å². The van der Waals surface area contributed by atoms with Gasteiger partial charge in [-0.05, 0) is 6.07 Å². The van der Waals surface area contributed by atoms with Gasteiger partial charge in [0.05, 0.1) is 0 Å². The average molecular weight is 261 g/mol. The van der Waals surface area contributed by atoms with Gasteiger partial charge in [-0.2, -0.15) is 14.8 Å². The molecule has 15 heavy (non-hydrogen) atoms. The largest absolute Gasteiger partial charge is 1.00 e. The van der Waals surface area contributed by atoms with E-state index in [9.17, 15) is 0 Å². The zero-order chi connectivity index (χ0) is 11.2. The van der Waals surface area contributed by atoms with Crippen molar-refractivity contribution in [3.8, 4) is 0 Å². The Hall–Kier alpha value is 0.380. The van der Waals surface area contributed by atoms with Gasteiger partial charge in [-0.1, -0.05) is 35.4 Å². The van der Waals surface area contributed by atoms with Crippen molar-refractivity contribution in [1.82, 2.24) is 0 Å². The van der Waals surface area contributed by atoms with Crippen LogP contribution in [0, 0.1) is 6.92 Å². The fourth-order valence-corrected chi connectivity index (χ4v) is 0.931. The Morgan fingerprint density at radius 2 is 1.67 bits per heavy atom. The van der Waals surface area contributed by atoms with Crippen LogP contribution in [0.25, 0.3) is 0 Å². The number of rotatable bonds is 1. The van der Waals surface area contributed by atoms with Crippen molar-refractivity contribution in [1.29, 1.82) is 0 Å².